The lowest BCUT2D eigenvalue weighted by Crippen LogP contribution is -2.27. The van der Waals surface area contributed by atoms with Gasteiger partial charge in [-0.2, -0.15) is 0 Å². The molecule has 26 heavy (non-hydrogen) atoms. The van der Waals surface area contributed by atoms with Gasteiger partial charge in [0.2, 0.25) is 5.91 Å². The molecule has 1 aliphatic rings. The predicted octanol–water partition coefficient (Wildman–Crippen LogP) is 5.26. The second-order valence-electron chi connectivity index (χ2n) is 6.93. The van der Waals surface area contributed by atoms with Gasteiger partial charge in [0.05, 0.1) is 12.6 Å². The minimum atomic E-state index is 0.0342. The van der Waals surface area contributed by atoms with Crippen LogP contribution in [0.5, 0.6) is 5.75 Å². The second-order valence-corrected chi connectivity index (χ2v) is 7.37. The van der Waals surface area contributed by atoms with Crippen LogP contribution in [-0.2, 0) is 17.6 Å². The summed E-state index contributed by atoms with van der Waals surface area (Å²) in [4.78, 5) is 12.2. The Morgan fingerprint density at radius 1 is 1.12 bits per heavy atom. The van der Waals surface area contributed by atoms with Crippen molar-refractivity contribution in [1.29, 1.82) is 0 Å². The molecule has 1 aliphatic carbocycles. The van der Waals surface area contributed by atoms with E-state index in [-0.39, 0.29) is 11.9 Å². The summed E-state index contributed by atoms with van der Waals surface area (Å²) in [5.41, 5.74) is 4.11. The maximum atomic E-state index is 12.2. The van der Waals surface area contributed by atoms with E-state index in [0.717, 1.165) is 12.2 Å². The SMILES string of the molecule is C[C@@H](NC(=O)CCCOc1ccc(Cl)cc1)c1ccc2c(c1)CCCC2. The fraction of sp³-hybridized carbons (Fsp3) is 0.409. The highest BCUT2D eigenvalue weighted by atomic mass is 35.5. The molecule has 1 amide bonds. The van der Waals surface area contributed by atoms with Crippen molar-refractivity contribution in [3.05, 3.63) is 64.2 Å². The van der Waals surface area contributed by atoms with Gasteiger partial charge in [-0.05, 0) is 80.0 Å². The number of carbonyl (C=O) groups excluding carboxylic acids is 1. The number of amides is 1. The average molecular weight is 372 g/mol. The Hall–Kier alpha value is -2.00. The lowest BCUT2D eigenvalue weighted by atomic mass is 9.89. The fourth-order valence-corrected chi connectivity index (χ4v) is 3.50. The first-order valence-corrected chi connectivity index (χ1v) is 9.79. The second kappa shape index (κ2) is 9.09. The normalized spacial score (nSPS) is 14.4. The Morgan fingerprint density at radius 2 is 1.85 bits per heavy atom. The summed E-state index contributed by atoms with van der Waals surface area (Å²) in [5.74, 6) is 0.840. The third-order valence-electron chi connectivity index (χ3n) is 4.88. The van der Waals surface area contributed by atoms with Crippen molar-refractivity contribution in [3.8, 4) is 5.75 Å². The highest BCUT2D eigenvalue weighted by molar-refractivity contribution is 6.30. The van der Waals surface area contributed by atoms with Gasteiger partial charge in [-0.25, -0.2) is 0 Å². The first-order chi connectivity index (χ1) is 12.6. The van der Waals surface area contributed by atoms with Gasteiger partial charge >= 0.3 is 0 Å². The van der Waals surface area contributed by atoms with Gasteiger partial charge in [0, 0.05) is 11.4 Å². The zero-order chi connectivity index (χ0) is 18.4. The van der Waals surface area contributed by atoms with Gasteiger partial charge in [0.1, 0.15) is 5.75 Å². The van der Waals surface area contributed by atoms with E-state index in [9.17, 15) is 4.79 Å². The van der Waals surface area contributed by atoms with Crippen LogP contribution in [0.3, 0.4) is 0 Å². The lowest BCUT2D eigenvalue weighted by molar-refractivity contribution is -0.121. The van der Waals surface area contributed by atoms with Crippen molar-refractivity contribution in [2.45, 2.75) is 51.5 Å². The number of nitrogens with one attached hydrogen (secondary N) is 1. The average Bonchev–Trinajstić information content (AvgIpc) is 2.66. The first kappa shape index (κ1) is 18.8. The fourth-order valence-electron chi connectivity index (χ4n) is 3.37. The van der Waals surface area contributed by atoms with Crippen LogP contribution in [0.2, 0.25) is 5.02 Å². The van der Waals surface area contributed by atoms with E-state index in [1.807, 2.05) is 19.1 Å². The van der Waals surface area contributed by atoms with E-state index in [1.165, 1.54) is 36.0 Å². The Morgan fingerprint density at radius 3 is 2.62 bits per heavy atom. The summed E-state index contributed by atoms with van der Waals surface area (Å²) in [6.07, 6.45) is 6.05. The van der Waals surface area contributed by atoms with Crippen molar-refractivity contribution >= 4 is 17.5 Å². The summed E-state index contributed by atoms with van der Waals surface area (Å²) in [5, 5.41) is 3.79. The number of hydrogen-bond donors (Lipinski definition) is 1. The highest BCUT2D eigenvalue weighted by Gasteiger charge is 2.14. The number of ether oxygens (including phenoxy) is 1. The minimum absolute atomic E-state index is 0.0342. The van der Waals surface area contributed by atoms with Crippen molar-refractivity contribution in [2.24, 2.45) is 0 Å². The van der Waals surface area contributed by atoms with Crippen LogP contribution in [0.4, 0.5) is 0 Å². The molecule has 0 spiro atoms. The van der Waals surface area contributed by atoms with Gasteiger partial charge in [-0.1, -0.05) is 29.8 Å². The molecular weight excluding hydrogens is 346 g/mol. The van der Waals surface area contributed by atoms with Crippen molar-refractivity contribution < 1.29 is 9.53 Å². The van der Waals surface area contributed by atoms with E-state index >= 15 is 0 Å². The summed E-state index contributed by atoms with van der Waals surface area (Å²) in [7, 11) is 0. The molecule has 0 unspecified atom stereocenters. The van der Waals surface area contributed by atoms with Crippen LogP contribution in [0, 0.1) is 0 Å². The van der Waals surface area contributed by atoms with E-state index in [4.69, 9.17) is 16.3 Å². The smallest absolute Gasteiger partial charge is 0.220 e. The number of hydrogen-bond acceptors (Lipinski definition) is 2. The predicted molar refractivity (Wildman–Crippen MR) is 106 cm³/mol. The molecule has 0 fully saturated rings. The summed E-state index contributed by atoms with van der Waals surface area (Å²) in [6.45, 7) is 2.56. The zero-order valence-corrected chi connectivity index (χ0v) is 16.0. The Bertz CT molecular complexity index is 742. The standard InChI is InChI=1S/C22H26ClNO2/c1-16(18-9-8-17-5-2-3-6-19(17)15-18)24-22(25)7-4-14-26-21-12-10-20(23)11-13-21/h8-13,15-16H,2-7,14H2,1H3,(H,24,25)/t16-/m1/s1. The lowest BCUT2D eigenvalue weighted by Gasteiger charge is -2.20. The molecule has 0 radical (unpaired) electrons. The summed E-state index contributed by atoms with van der Waals surface area (Å²) in [6, 6.07) is 13.9. The van der Waals surface area contributed by atoms with E-state index in [0.29, 0.717) is 24.5 Å². The van der Waals surface area contributed by atoms with Crippen molar-refractivity contribution in [1.82, 2.24) is 5.32 Å². The number of aryl methyl sites for hydroxylation is 2. The number of rotatable bonds is 7. The minimum Gasteiger partial charge on any atom is -0.494 e. The van der Waals surface area contributed by atoms with E-state index < -0.39 is 0 Å². The molecule has 0 saturated carbocycles. The molecule has 2 aromatic rings. The quantitative estimate of drug-likeness (QED) is 0.674. The topological polar surface area (TPSA) is 38.3 Å². The van der Waals surface area contributed by atoms with Crippen LogP contribution in [-0.4, -0.2) is 12.5 Å². The zero-order valence-electron chi connectivity index (χ0n) is 15.3. The molecule has 3 rings (SSSR count). The number of fused-ring (bicyclic) bond motifs is 1. The molecule has 0 heterocycles. The largest absolute Gasteiger partial charge is 0.494 e. The first-order valence-electron chi connectivity index (χ1n) is 9.41. The van der Waals surface area contributed by atoms with Gasteiger partial charge in [-0.3, -0.25) is 4.79 Å². The monoisotopic (exact) mass is 371 g/mol. The highest BCUT2D eigenvalue weighted by Crippen LogP contribution is 2.24. The van der Waals surface area contributed by atoms with Crippen LogP contribution in [0.15, 0.2) is 42.5 Å². The molecule has 4 heteroatoms. The van der Waals surface area contributed by atoms with Gasteiger partial charge in [0.15, 0.2) is 0 Å². The summed E-state index contributed by atoms with van der Waals surface area (Å²) < 4.78 is 5.62. The third-order valence-corrected chi connectivity index (χ3v) is 5.13. The Labute approximate surface area is 160 Å². The molecular formula is C22H26ClNO2. The molecule has 3 nitrogen and oxygen atoms in total. The summed E-state index contributed by atoms with van der Waals surface area (Å²) >= 11 is 5.84. The molecule has 0 aliphatic heterocycles. The van der Waals surface area contributed by atoms with Gasteiger partial charge in [-0.15, -0.1) is 0 Å². The van der Waals surface area contributed by atoms with E-state index in [2.05, 4.69) is 23.5 Å². The molecule has 0 bridgehead atoms. The molecule has 2 aromatic carbocycles. The van der Waals surface area contributed by atoms with Crippen LogP contribution in [0.25, 0.3) is 0 Å². The van der Waals surface area contributed by atoms with Crippen LogP contribution >= 0.6 is 11.6 Å². The molecule has 0 aromatic heterocycles. The van der Waals surface area contributed by atoms with Gasteiger partial charge < -0.3 is 10.1 Å². The molecule has 1 N–H and O–H groups in total. The van der Waals surface area contributed by atoms with Crippen LogP contribution < -0.4 is 10.1 Å². The molecule has 138 valence electrons. The molecule has 1 atom stereocenters. The maximum Gasteiger partial charge on any atom is 0.220 e. The molecule has 0 saturated heterocycles. The Kier molecular flexibility index (Phi) is 6.56. The Balaban J connectivity index is 1.42. The number of benzene rings is 2. The maximum absolute atomic E-state index is 12.2. The number of carbonyl (C=O) groups is 1. The van der Waals surface area contributed by atoms with Gasteiger partial charge in [0.25, 0.3) is 0 Å². The van der Waals surface area contributed by atoms with Crippen molar-refractivity contribution in [2.75, 3.05) is 6.61 Å². The number of halogens is 1. The van der Waals surface area contributed by atoms with E-state index in [1.54, 1.807) is 12.1 Å². The van der Waals surface area contributed by atoms with Crippen molar-refractivity contribution in [3.63, 3.8) is 0 Å². The van der Waals surface area contributed by atoms with Crippen LogP contribution in [0.1, 0.15) is 55.3 Å². The third kappa shape index (κ3) is 5.25.